The Labute approximate surface area is 200 Å². The fourth-order valence-corrected chi connectivity index (χ4v) is 5.74. The van der Waals surface area contributed by atoms with E-state index in [2.05, 4.69) is 102 Å². The molecule has 0 saturated heterocycles. The third-order valence-corrected chi connectivity index (χ3v) is 7.30. The summed E-state index contributed by atoms with van der Waals surface area (Å²) >= 11 is 1.74. The maximum atomic E-state index is 5.03. The largest absolute Gasteiger partial charge is 0.292 e. The molecule has 0 aliphatic rings. The van der Waals surface area contributed by atoms with Crippen LogP contribution in [-0.2, 0) is 0 Å². The summed E-state index contributed by atoms with van der Waals surface area (Å²) in [6.45, 7) is 0. The van der Waals surface area contributed by atoms with Gasteiger partial charge < -0.3 is 0 Å². The zero-order chi connectivity index (χ0) is 22.5. The van der Waals surface area contributed by atoms with Crippen LogP contribution in [0.3, 0.4) is 0 Å². The second-order valence-corrected chi connectivity index (χ2v) is 9.35. The third kappa shape index (κ3) is 3.04. The predicted octanol–water partition coefficient (Wildman–Crippen LogP) is 8.12. The highest BCUT2D eigenvalue weighted by atomic mass is 32.1. The molecule has 0 unspecified atom stereocenters. The second kappa shape index (κ2) is 7.65. The van der Waals surface area contributed by atoms with E-state index in [-0.39, 0.29) is 0 Å². The lowest BCUT2D eigenvalue weighted by Crippen LogP contribution is -1.97. The van der Waals surface area contributed by atoms with E-state index in [1.807, 2.05) is 18.2 Å². The topological polar surface area (TPSA) is 30.7 Å². The molecule has 4 heteroatoms. The molecule has 0 aliphatic heterocycles. The number of hydrogen-bond acceptors (Lipinski definition) is 3. The van der Waals surface area contributed by atoms with Gasteiger partial charge in [0.15, 0.2) is 0 Å². The van der Waals surface area contributed by atoms with Crippen molar-refractivity contribution >= 4 is 42.7 Å². The van der Waals surface area contributed by atoms with Crippen LogP contribution in [0.25, 0.3) is 59.7 Å². The Hall–Kier alpha value is -4.28. The first-order chi connectivity index (χ1) is 16.8. The SMILES string of the molecule is c1ccc(-c2ccc3c(n2)sc2cc(-c4nc5ccccc5n4-c4ccccc4)ccc23)cc1. The van der Waals surface area contributed by atoms with Crippen molar-refractivity contribution < 1.29 is 0 Å². The number of nitrogens with zero attached hydrogens (tertiary/aromatic N) is 3. The highest BCUT2D eigenvalue weighted by Gasteiger charge is 2.16. The van der Waals surface area contributed by atoms with Gasteiger partial charge in [-0.1, -0.05) is 72.8 Å². The fraction of sp³-hybridized carbons (Fsp3) is 0. The molecule has 7 aromatic rings. The lowest BCUT2D eigenvalue weighted by Gasteiger charge is -2.09. The summed E-state index contributed by atoms with van der Waals surface area (Å²) in [5, 5.41) is 2.43. The van der Waals surface area contributed by atoms with Crippen LogP contribution in [-0.4, -0.2) is 14.5 Å². The zero-order valence-electron chi connectivity index (χ0n) is 18.2. The number of benzene rings is 4. The van der Waals surface area contributed by atoms with Crippen LogP contribution in [0, 0.1) is 0 Å². The predicted molar refractivity (Wildman–Crippen MR) is 143 cm³/mol. The second-order valence-electron chi connectivity index (χ2n) is 8.32. The Morgan fingerprint density at radius 3 is 2.18 bits per heavy atom. The molecule has 0 radical (unpaired) electrons. The smallest absolute Gasteiger partial charge is 0.145 e. The Bertz CT molecular complexity index is 1800. The summed E-state index contributed by atoms with van der Waals surface area (Å²) in [5.41, 5.74) is 6.45. The monoisotopic (exact) mass is 453 g/mol. The Kier molecular flexibility index (Phi) is 4.32. The molecule has 0 aliphatic carbocycles. The van der Waals surface area contributed by atoms with E-state index >= 15 is 0 Å². The summed E-state index contributed by atoms with van der Waals surface area (Å²) in [4.78, 5) is 11.1. The lowest BCUT2D eigenvalue weighted by atomic mass is 10.1. The number of imidazole rings is 1. The molecule has 4 aromatic carbocycles. The molecule has 0 fully saturated rings. The summed E-state index contributed by atoms with van der Waals surface area (Å²) < 4.78 is 3.46. The molecule has 3 aromatic heterocycles. The van der Waals surface area contributed by atoms with Gasteiger partial charge in [-0.25, -0.2) is 9.97 Å². The van der Waals surface area contributed by atoms with Gasteiger partial charge in [-0.15, -0.1) is 11.3 Å². The van der Waals surface area contributed by atoms with Crippen LogP contribution in [0.15, 0.2) is 115 Å². The van der Waals surface area contributed by atoms with E-state index in [0.717, 1.165) is 44.2 Å². The minimum Gasteiger partial charge on any atom is -0.292 e. The first-order valence-corrected chi connectivity index (χ1v) is 12.1. The van der Waals surface area contributed by atoms with E-state index in [4.69, 9.17) is 9.97 Å². The lowest BCUT2D eigenvalue weighted by molar-refractivity contribution is 1.10. The maximum Gasteiger partial charge on any atom is 0.145 e. The average Bonchev–Trinajstić information content (AvgIpc) is 3.47. The molecule has 0 amide bonds. The number of aromatic nitrogens is 3. The number of pyridine rings is 1. The molecular weight excluding hydrogens is 434 g/mol. The number of hydrogen-bond donors (Lipinski definition) is 0. The first kappa shape index (κ1) is 19.2. The van der Waals surface area contributed by atoms with Gasteiger partial charge in [0.25, 0.3) is 0 Å². The van der Waals surface area contributed by atoms with Crippen molar-refractivity contribution in [3.8, 4) is 28.3 Å². The number of fused-ring (bicyclic) bond motifs is 4. The van der Waals surface area contributed by atoms with Crippen molar-refractivity contribution in [2.75, 3.05) is 0 Å². The first-order valence-electron chi connectivity index (χ1n) is 11.3. The quantitative estimate of drug-likeness (QED) is 0.270. The minimum absolute atomic E-state index is 0.949. The van der Waals surface area contributed by atoms with Crippen molar-refractivity contribution in [1.29, 1.82) is 0 Å². The van der Waals surface area contributed by atoms with Crippen molar-refractivity contribution in [2.45, 2.75) is 0 Å². The highest BCUT2D eigenvalue weighted by Crippen LogP contribution is 2.37. The van der Waals surface area contributed by atoms with Gasteiger partial charge in [-0.05, 0) is 42.5 Å². The number of rotatable bonds is 3. The summed E-state index contributed by atoms with van der Waals surface area (Å²) in [6, 6.07) is 40.1. The Morgan fingerprint density at radius 2 is 1.32 bits per heavy atom. The van der Waals surface area contributed by atoms with E-state index in [1.165, 1.54) is 15.5 Å². The fourth-order valence-electron chi connectivity index (χ4n) is 4.62. The normalized spacial score (nSPS) is 11.5. The van der Waals surface area contributed by atoms with Crippen LogP contribution in [0.4, 0.5) is 0 Å². The van der Waals surface area contributed by atoms with Crippen molar-refractivity contribution in [2.24, 2.45) is 0 Å². The summed E-state index contributed by atoms with van der Waals surface area (Å²) in [6.07, 6.45) is 0. The Morgan fingerprint density at radius 1 is 0.588 bits per heavy atom. The summed E-state index contributed by atoms with van der Waals surface area (Å²) in [7, 11) is 0. The molecular formula is C30H19N3S. The van der Waals surface area contributed by atoms with E-state index < -0.39 is 0 Å². The minimum atomic E-state index is 0.949. The van der Waals surface area contributed by atoms with Crippen molar-refractivity contribution in [1.82, 2.24) is 14.5 Å². The molecule has 160 valence electrons. The van der Waals surface area contributed by atoms with Gasteiger partial charge in [0, 0.05) is 32.3 Å². The van der Waals surface area contributed by atoms with Crippen LogP contribution >= 0.6 is 11.3 Å². The molecule has 0 spiro atoms. The van der Waals surface area contributed by atoms with Crippen molar-refractivity contribution in [3.63, 3.8) is 0 Å². The van der Waals surface area contributed by atoms with Gasteiger partial charge in [-0.3, -0.25) is 4.57 Å². The molecule has 0 saturated carbocycles. The van der Waals surface area contributed by atoms with Gasteiger partial charge in [0.2, 0.25) is 0 Å². The van der Waals surface area contributed by atoms with Crippen LogP contribution < -0.4 is 0 Å². The highest BCUT2D eigenvalue weighted by molar-refractivity contribution is 7.25. The molecule has 0 bridgehead atoms. The molecule has 0 atom stereocenters. The van der Waals surface area contributed by atoms with Gasteiger partial charge in [0.1, 0.15) is 10.7 Å². The van der Waals surface area contributed by atoms with Crippen LogP contribution in [0.2, 0.25) is 0 Å². The third-order valence-electron chi connectivity index (χ3n) is 6.24. The summed E-state index contributed by atoms with van der Waals surface area (Å²) in [5.74, 6) is 0.949. The van der Waals surface area contributed by atoms with Crippen LogP contribution in [0.5, 0.6) is 0 Å². The standard InChI is InChI=1S/C30H19N3S/c1-3-9-20(10-4-1)25-18-17-24-23-16-15-21(19-28(23)34-30(24)32-25)29-31-26-13-7-8-14-27(26)33(29)22-11-5-2-6-12-22/h1-19H. The molecule has 3 heterocycles. The van der Waals surface area contributed by atoms with E-state index in [1.54, 1.807) is 11.3 Å². The average molecular weight is 454 g/mol. The Balaban J connectivity index is 1.42. The molecule has 34 heavy (non-hydrogen) atoms. The van der Waals surface area contributed by atoms with Gasteiger partial charge in [0.05, 0.1) is 16.7 Å². The van der Waals surface area contributed by atoms with Gasteiger partial charge in [-0.2, -0.15) is 0 Å². The van der Waals surface area contributed by atoms with Crippen molar-refractivity contribution in [3.05, 3.63) is 115 Å². The molecule has 7 rings (SSSR count). The van der Waals surface area contributed by atoms with E-state index in [0.29, 0.717) is 0 Å². The maximum absolute atomic E-state index is 5.03. The zero-order valence-corrected chi connectivity index (χ0v) is 19.0. The molecule has 0 N–H and O–H groups in total. The van der Waals surface area contributed by atoms with Gasteiger partial charge >= 0.3 is 0 Å². The molecule has 3 nitrogen and oxygen atoms in total. The number of para-hydroxylation sites is 3. The van der Waals surface area contributed by atoms with E-state index in [9.17, 15) is 0 Å². The number of thiophene rings is 1. The van der Waals surface area contributed by atoms with Crippen LogP contribution in [0.1, 0.15) is 0 Å².